The summed E-state index contributed by atoms with van der Waals surface area (Å²) in [6.07, 6.45) is 68.4. The zero-order valence-electron chi connectivity index (χ0n) is 61.4. The SMILES string of the molecule is CCCCCCC#CC(=Nc1ccccc1CCCC=CCCCCCCCCCCCCCCCC)C(CCCC)=Nc1ccccc1CCCC=CCCCCCCCCCCCCCCCC.CCc1ccc(O)c(O)c1C(=O)[O-].CCc1ccc(O)c(O)c1C(=O)[O-].[Pd+2]. The second-order valence-corrected chi connectivity index (χ2v) is 26.2. The number of aliphatic imine (C=N–C) groups is 2. The number of para-hydroxylation sites is 2. The maximum Gasteiger partial charge on any atom is 2.00 e. The molecular weight excluding hydrogens is 1300 g/mol. The van der Waals surface area contributed by atoms with E-state index in [0.717, 1.165) is 93.4 Å². The monoisotopic (exact) mass is 1420 g/mol. The topological polar surface area (TPSA) is 186 Å². The third-order valence-electron chi connectivity index (χ3n) is 17.9. The Kier molecular flexibility index (Phi) is 56.2. The van der Waals surface area contributed by atoms with Gasteiger partial charge in [-0.1, -0.05) is 313 Å². The van der Waals surface area contributed by atoms with E-state index < -0.39 is 34.9 Å². The number of aromatic hydroxyl groups is 4. The molecule has 0 saturated heterocycles. The number of carboxylic acid groups (broad SMARTS) is 2. The molecule has 0 amide bonds. The second-order valence-electron chi connectivity index (χ2n) is 26.2. The van der Waals surface area contributed by atoms with Crippen molar-refractivity contribution < 1.29 is 60.7 Å². The van der Waals surface area contributed by atoms with Crippen LogP contribution in [0.2, 0.25) is 0 Å². The van der Waals surface area contributed by atoms with Crippen molar-refractivity contribution in [3.8, 4) is 34.8 Å². The fraction of sp³-hybridized carbons (Fsp3) is 0.605. The molecule has 0 aromatic heterocycles. The molecule has 0 saturated carbocycles. The van der Waals surface area contributed by atoms with E-state index >= 15 is 0 Å². The molecule has 4 rings (SSSR count). The molecular formula is C86H130N2O8Pd. The van der Waals surface area contributed by atoms with Crippen LogP contribution in [-0.2, 0) is 46.1 Å². The molecule has 0 fully saturated rings. The first-order valence-electron chi connectivity index (χ1n) is 38.5. The summed E-state index contributed by atoms with van der Waals surface area (Å²) in [4.78, 5) is 32.0. The van der Waals surface area contributed by atoms with Gasteiger partial charge < -0.3 is 40.2 Å². The number of hydrogen-bond donors (Lipinski definition) is 4. The van der Waals surface area contributed by atoms with E-state index in [1.807, 2.05) is 0 Å². The average Bonchev–Trinajstić information content (AvgIpc) is 0.899. The van der Waals surface area contributed by atoms with Gasteiger partial charge in [-0.2, -0.15) is 0 Å². The first kappa shape index (κ1) is 89.1. The predicted molar refractivity (Wildman–Crippen MR) is 404 cm³/mol. The number of carboxylic acids is 2. The quantitative estimate of drug-likeness (QED) is 0.00840. The van der Waals surface area contributed by atoms with Gasteiger partial charge in [0.25, 0.3) is 0 Å². The van der Waals surface area contributed by atoms with Gasteiger partial charge in [0.15, 0.2) is 23.0 Å². The molecule has 0 bridgehead atoms. The molecule has 4 N–H and O–H groups in total. The molecule has 0 unspecified atom stereocenters. The Hall–Kier alpha value is -5.94. The molecule has 0 radical (unpaired) electrons. The van der Waals surface area contributed by atoms with Crippen LogP contribution < -0.4 is 10.2 Å². The minimum atomic E-state index is -1.48. The van der Waals surface area contributed by atoms with Crippen LogP contribution in [0, 0.1) is 11.8 Å². The van der Waals surface area contributed by atoms with Crippen molar-refractivity contribution in [1.82, 2.24) is 0 Å². The Morgan fingerprint density at radius 2 is 0.701 bits per heavy atom. The summed E-state index contributed by atoms with van der Waals surface area (Å²) >= 11 is 0. The smallest absolute Gasteiger partial charge is 0.545 e. The number of allylic oxidation sites excluding steroid dienone is 4. The van der Waals surface area contributed by atoms with Crippen LogP contribution in [0.1, 0.15) is 354 Å². The number of rotatable bonds is 52. The van der Waals surface area contributed by atoms with E-state index in [2.05, 4.69) is 112 Å². The number of phenols is 4. The Morgan fingerprint density at radius 1 is 0.381 bits per heavy atom. The van der Waals surface area contributed by atoms with E-state index in [1.54, 1.807) is 13.8 Å². The molecule has 0 aliphatic rings. The summed E-state index contributed by atoms with van der Waals surface area (Å²) in [7, 11) is 0. The fourth-order valence-corrected chi connectivity index (χ4v) is 11.9. The summed E-state index contributed by atoms with van der Waals surface area (Å²) < 4.78 is 0. The first-order valence-corrected chi connectivity index (χ1v) is 38.5. The van der Waals surface area contributed by atoms with Gasteiger partial charge >= 0.3 is 20.4 Å². The summed E-state index contributed by atoms with van der Waals surface area (Å²) in [6.45, 7) is 12.7. The van der Waals surface area contributed by atoms with E-state index in [1.165, 1.54) is 247 Å². The molecule has 10 nitrogen and oxygen atoms in total. The largest absolute Gasteiger partial charge is 2.00 e. The standard InChI is InChI=1S/C68H112N2.2C9H10O4.Pd/c1-5-9-13-16-19-21-23-25-27-29-31-33-35-37-39-41-43-45-48-55-63-57-51-53-60-65(63)69-67(59-12-8-4)68(62-50-47-18-15-11-7-3)70-66-61-54-52-58-64(66)56-49-46-44-42-40-38-36-34-32-30-28-26-24-22-20-17-14-10-6-2;2*1-2-5-3-4-6(10)8(11)7(5)9(12)13;/h41-44,51-54,57-58,60-61H,5-40,45-49,55-56,59H2,1-4H3;2*3-4,10-11H,2H2,1H3,(H,12,13);/q;;;+2/p-2. The minimum absolute atomic E-state index is 0. The van der Waals surface area contributed by atoms with Crippen molar-refractivity contribution in [2.24, 2.45) is 9.98 Å². The van der Waals surface area contributed by atoms with Crippen molar-refractivity contribution in [1.29, 1.82) is 0 Å². The van der Waals surface area contributed by atoms with Crippen molar-refractivity contribution in [3.05, 3.63) is 130 Å². The average molecular weight is 1430 g/mol. The van der Waals surface area contributed by atoms with Crippen LogP contribution in [0.25, 0.3) is 0 Å². The predicted octanol–water partition coefficient (Wildman–Crippen LogP) is 23.2. The number of unbranched alkanes of at least 4 members (excludes halogenated alkanes) is 35. The molecule has 0 heterocycles. The van der Waals surface area contributed by atoms with Crippen LogP contribution in [0.3, 0.4) is 0 Å². The van der Waals surface area contributed by atoms with Gasteiger partial charge in [0.1, 0.15) is 5.71 Å². The first-order chi connectivity index (χ1) is 46.9. The van der Waals surface area contributed by atoms with Gasteiger partial charge in [-0.15, -0.1) is 0 Å². The van der Waals surface area contributed by atoms with E-state index in [4.69, 9.17) is 20.2 Å². The Balaban J connectivity index is 0.00000143. The van der Waals surface area contributed by atoms with Crippen LogP contribution in [0.4, 0.5) is 11.4 Å². The van der Waals surface area contributed by atoms with Crippen molar-refractivity contribution >= 4 is 34.7 Å². The normalized spacial score (nSPS) is 11.4. The maximum atomic E-state index is 10.6. The minimum Gasteiger partial charge on any atom is -0.545 e. The maximum absolute atomic E-state index is 10.6. The van der Waals surface area contributed by atoms with Crippen molar-refractivity contribution in [2.75, 3.05) is 0 Å². The van der Waals surface area contributed by atoms with Crippen LogP contribution in [-0.4, -0.2) is 43.8 Å². The van der Waals surface area contributed by atoms with E-state index in [0.29, 0.717) is 24.0 Å². The molecule has 0 aliphatic heterocycles. The van der Waals surface area contributed by atoms with Gasteiger partial charge in [-0.05, 0) is 149 Å². The Morgan fingerprint density at radius 3 is 1.05 bits per heavy atom. The summed E-state index contributed by atoms with van der Waals surface area (Å²) in [6, 6.07) is 23.0. The number of aryl methyl sites for hydroxylation is 4. The third kappa shape index (κ3) is 42.6. The van der Waals surface area contributed by atoms with Gasteiger partial charge in [0, 0.05) is 17.5 Å². The number of aromatic carboxylic acids is 2. The van der Waals surface area contributed by atoms with Crippen molar-refractivity contribution in [2.45, 2.75) is 337 Å². The molecule has 4 aromatic carbocycles. The number of carbonyl (C=O) groups is 2. The van der Waals surface area contributed by atoms with Crippen LogP contribution >= 0.6 is 0 Å². The number of phenolic OH excluding ortho intramolecular Hbond substituents is 2. The molecule has 0 aliphatic carbocycles. The third-order valence-corrected chi connectivity index (χ3v) is 17.9. The summed E-state index contributed by atoms with van der Waals surface area (Å²) in [5.41, 5.74) is 6.93. The number of nitrogens with zero attached hydrogens (tertiary/aromatic N) is 2. The Labute approximate surface area is 604 Å². The molecule has 542 valence electrons. The van der Waals surface area contributed by atoms with Gasteiger partial charge in [-0.25, -0.2) is 4.99 Å². The molecule has 0 spiro atoms. The molecule has 97 heavy (non-hydrogen) atoms. The number of benzene rings is 4. The van der Waals surface area contributed by atoms with Gasteiger partial charge in [0.05, 0.1) is 29.0 Å². The molecule has 11 heteroatoms. The van der Waals surface area contributed by atoms with Crippen LogP contribution in [0.5, 0.6) is 23.0 Å². The summed E-state index contributed by atoms with van der Waals surface area (Å²) in [5, 5.41) is 57.6. The summed E-state index contributed by atoms with van der Waals surface area (Å²) in [5.74, 6) is 2.05. The van der Waals surface area contributed by atoms with Crippen molar-refractivity contribution in [3.63, 3.8) is 0 Å². The second kappa shape index (κ2) is 61.2. The Bertz CT molecular complexity index is 2790. The van der Waals surface area contributed by atoms with Gasteiger partial charge in [-0.3, -0.25) is 4.99 Å². The number of hydrogen-bond acceptors (Lipinski definition) is 10. The molecule has 0 atom stereocenters. The van der Waals surface area contributed by atoms with E-state index in [9.17, 15) is 30.0 Å². The number of carbonyl (C=O) groups excluding carboxylic acids is 2. The molecule has 4 aromatic rings. The van der Waals surface area contributed by atoms with Crippen LogP contribution in [0.15, 0.2) is 107 Å². The zero-order valence-corrected chi connectivity index (χ0v) is 63.0. The fourth-order valence-electron chi connectivity index (χ4n) is 11.9. The van der Waals surface area contributed by atoms with E-state index in [-0.39, 0.29) is 31.5 Å². The van der Waals surface area contributed by atoms with Gasteiger partial charge in [0.2, 0.25) is 0 Å². The zero-order chi connectivity index (χ0) is 69.9.